The molecular formula is C68H44N4. The summed E-state index contributed by atoms with van der Waals surface area (Å²) in [5.41, 5.74) is 18.1. The molecule has 0 fully saturated rings. The zero-order valence-corrected chi connectivity index (χ0v) is 39.2. The quantitative estimate of drug-likeness (QED) is 0.142. The van der Waals surface area contributed by atoms with Gasteiger partial charge in [0, 0.05) is 56.4 Å². The van der Waals surface area contributed by atoms with Gasteiger partial charge >= 0.3 is 0 Å². The molecule has 0 N–H and O–H groups in total. The van der Waals surface area contributed by atoms with Gasteiger partial charge in [0.15, 0.2) is 0 Å². The minimum Gasteiger partial charge on any atom is -0.310 e. The average Bonchev–Trinajstić information content (AvgIpc) is 3.79. The first-order chi connectivity index (χ1) is 35.7. The predicted molar refractivity (Wildman–Crippen MR) is 303 cm³/mol. The Balaban J connectivity index is 0.988. The SMILES string of the molecule is c1ccc(N(c2ccc(-n3c4ccccc4c4ccccc43)cc2)c2cccc3c(-c4ccc(-c5ccc6ncccc6c5)cc4)c4ccccc4c(-c4ccc(-c5ccc6ncccc6c5)cc4)c23)cc1. The molecule has 0 amide bonds. The molecule has 0 bridgehead atoms. The standard InChI is InChI=1S/C68H44N4/c1-2-15-53(16-3-1)71(54-35-37-55(38-36-54)72-63-22-8-6-17-56(63)57-18-7-9-23-64(57)72)65-24-10-21-60-66(47-29-25-45(26-30-47)49-33-39-61-51(43-49)13-11-41-69-61)58-19-4-5-20-59(58)67(68(60)65)48-31-27-46(28-32-48)50-34-40-62-52(44-50)14-12-42-70-62/h1-44H. The molecule has 3 heterocycles. The van der Waals surface area contributed by atoms with Gasteiger partial charge in [-0.3, -0.25) is 9.97 Å². The van der Waals surface area contributed by atoms with Crippen LogP contribution in [0, 0.1) is 0 Å². The summed E-state index contributed by atoms with van der Waals surface area (Å²) in [6, 6.07) is 92.7. The lowest BCUT2D eigenvalue weighted by molar-refractivity contribution is 1.17. The van der Waals surface area contributed by atoms with Gasteiger partial charge in [-0.25, -0.2) is 0 Å². The fraction of sp³-hybridized carbons (Fsp3) is 0. The fourth-order valence-corrected chi connectivity index (χ4v) is 11.1. The van der Waals surface area contributed by atoms with Gasteiger partial charge in [-0.15, -0.1) is 0 Å². The maximum Gasteiger partial charge on any atom is 0.0702 e. The van der Waals surface area contributed by atoms with Crippen LogP contribution in [0.15, 0.2) is 267 Å². The summed E-state index contributed by atoms with van der Waals surface area (Å²) in [6.07, 6.45) is 3.70. The number of fused-ring (bicyclic) bond motifs is 7. The maximum absolute atomic E-state index is 4.58. The highest BCUT2D eigenvalue weighted by atomic mass is 15.1. The van der Waals surface area contributed by atoms with Crippen molar-refractivity contribution in [2.24, 2.45) is 0 Å². The van der Waals surface area contributed by atoms with Crippen LogP contribution in [0.2, 0.25) is 0 Å². The third-order valence-corrected chi connectivity index (χ3v) is 14.4. The van der Waals surface area contributed by atoms with Crippen molar-refractivity contribution >= 4 is 82.2 Å². The number of aromatic nitrogens is 3. The molecule has 0 radical (unpaired) electrons. The van der Waals surface area contributed by atoms with E-state index in [0.717, 1.165) is 72.4 Å². The monoisotopic (exact) mass is 916 g/mol. The molecule has 11 aromatic carbocycles. The lowest BCUT2D eigenvalue weighted by Gasteiger charge is -2.29. The number of nitrogens with zero attached hydrogens (tertiary/aromatic N) is 4. The second-order valence-electron chi connectivity index (χ2n) is 18.5. The summed E-state index contributed by atoms with van der Waals surface area (Å²) < 4.78 is 2.39. The highest BCUT2D eigenvalue weighted by Crippen LogP contribution is 2.50. The zero-order chi connectivity index (χ0) is 47.5. The Morgan fingerprint density at radius 1 is 0.306 bits per heavy atom. The number of benzene rings is 11. The number of para-hydroxylation sites is 3. The van der Waals surface area contributed by atoms with Crippen LogP contribution in [0.5, 0.6) is 0 Å². The normalized spacial score (nSPS) is 11.6. The van der Waals surface area contributed by atoms with Crippen molar-refractivity contribution in [3.8, 4) is 50.2 Å². The van der Waals surface area contributed by atoms with Crippen LogP contribution >= 0.6 is 0 Å². The van der Waals surface area contributed by atoms with Crippen molar-refractivity contribution in [3.05, 3.63) is 267 Å². The highest BCUT2D eigenvalue weighted by molar-refractivity contribution is 6.25. The fourth-order valence-electron chi connectivity index (χ4n) is 11.1. The molecule has 0 atom stereocenters. The Morgan fingerprint density at radius 3 is 1.35 bits per heavy atom. The Hall–Kier alpha value is -9.64. The summed E-state index contributed by atoms with van der Waals surface area (Å²) in [7, 11) is 0. The van der Waals surface area contributed by atoms with Crippen molar-refractivity contribution in [1.29, 1.82) is 0 Å². The van der Waals surface area contributed by atoms with Crippen LogP contribution in [0.4, 0.5) is 17.1 Å². The third kappa shape index (κ3) is 6.92. The first kappa shape index (κ1) is 41.3. The summed E-state index contributed by atoms with van der Waals surface area (Å²) in [4.78, 5) is 11.6. The van der Waals surface area contributed by atoms with E-state index >= 15 is 0 Å². The lowest BCUT2D eigenvalue weighted by Crippen LogP contribution is -2.11. The smallest absolute Gasteiger partial charge is 0.0702 e. The molecular weight excluding hydrogens is 873 g/mol. The van der Waals surface area contributed by atoms with Crippen LogP contribution in [-0.4, -0.2) is 14.5 Å². The van der Waals surface area contributed by atoms with E-state index in [-0.39, 0.29) is 0 Å². The predicted octanol–water partition coefficient (Wildman–Crippen LogP) is 18.3. The Labute approximate surface area is 417 Å². The van der Waals surface area contributed by atoms with Gasteiger partial charge in [0.25, 0.3) is 0 Å². The van der Waals surface area contributed by atoms with Crippen molar-refractivity contribution in [1.82, 2.24) is 14.5 Å². The lowest BCUT2D eigenvalue weighted by atomic mass is 9.84. The zero-order valence-electron chi connectivity index (χ0n) is 39.2. The summed E-state index contributed by atoms with van der Waals surface area (Å²) in [5.74, 6) is 0. The van der Waals surface area contributed by atoms with Crippen LogP contribution in [0.25, 0.3) is 115 Å². The molecule has 0 saturated heterocycles. The van der Waals surface area contributed by atoms with Gasteiger partial charge < -0.3 is 9.47 Å². The van der Waals surface area contributed by atoms with Gasteiger partial charge in [0.1, 0.15) is 0 Å². The molecule has 0 saturated carbocycles. The molecule has 0 unspecified atom stereocenters. The minimum atomic E-state index is 0.994. The number of pyridine rings is 2. The van der Waals surface area contributed by atoms with Gasteiger partial charge in [0.05, 0.1) is 27.8 Å². The molecule has 0 aliphatic rings. The topological polar surface area (TPSA) is 34.0 Å². The molecule has 336 valence electrons. The van der Waals surface area contributed by atoms with Crippen molar-refractivity contribution in [2.45, 2.75) is 0 Å². The minimum absolute atomic E-state index is 0.994. The Morgan fingerprint density at radius 2 is 0.764 bits per heavy atom. The van der Waals surface area contributed by atoms with Crippen LogP contribution in [0.3, 0.4) is 0 Å². The largest absolute Gasteiger partial charge is 0.310 e. The van der Waals surface area contributed by atoms with Crippen molar-refractivity contribution in [2.75, 3.05) is 4.90 Å². The molecule has 0 spiro atoms. The second kappa shape index (κ2) is 17.1. The van der Waals surface area contributed by atoms with E-state index in [4.69, 9.17) is 0 Å². The molecule has 0 aliphatic carbocycles. The van der Waals surface area contributed by atoms with E-state index < -0.39 is 0 Å². The maximum atomic E-state index is 4.58. The second-order valence-corrected chi connectivity index (χ2v) is 18.5. The van der Waals surface area contributed by atoms with E-state index in [2.05, 4.69) is 262 Å². The number of rotatable bonds is 8. The van der Waals surface area contributed by atoms with E-state index in [9.17, 15) is 0 Å². The number of hydrogen-bond acceptors (Lipinski definition) is 3. The van der Waals surface area contributed by atoms with Gasteiger partial charge in [-0.2, -0.15) is 0 Å². The van der Waals surface area contributed by atoms with E-state index in [1.54, 1.807) is 0 Å². The molecule has 4 heteroatoms. The van der Waals surface area contributed by atoms with E-state index in [1.807, 2.05) is 24.5 Å². The Kier molecular flexibility index (Phi) is 9.82. The Bertz CT molecular complexity index is 4310. The summed E-state index contributed by atoms with van der Waals surface area (Å²) >= 11 is 0. The van der Waals surface area contributed by atoms with Crippen LogP contribution in [-0.2, 0) is 0 Å². The van der Waals surface area contributed by atoms with Gasteiger partial charge in [-0.05, 0) is 152 Å². The van der Waals surface area contributed by atoms with Gasteiger partial charge in [0.2, 0.25) is 0 Å². The molecule has 14 aromatic rings. The molecule has 3 aromatic heterocycles. The molecule has 72 heavy (non-hydrogen) atoms. The van der Waals surface area contributed by atoms with Gasteiger partial charge in [-0.1, -0.05) is 164 Å². The van der Waals surface area contributed by atoms with Crippen LogP contribution < -0.4 is 4.90 Å². The highest BCUT2D eigenvalue weighted by Gasteiger charge is 2.24. The number of anilines is 3. The average molecular weight is 917 g/mol. The molecule has 14 rings (SSSR count). The van der Waals surface area contributed by atoms with Crippen molar-refractivity contribution < 1.29 is 0 Å². The summed E-state index contributed by atoms with van der Waals surface area (Å²) in [6.45, 7) is 0. The third-order valence-electron chi connectivity index (χ3n) is 14.4. The number of hydrogen-bond donors (Lipinski definition) is 0. The van der Waals surface area contributed by atoms with Crippen molar-refractivity contribution in [3.63, 3.8) is 0 Å². The van der Waals surface area contributed by atoms with Crippen LogP contribution in [0.1, 0.15) is 0 Å². The van der Waals surface area contributed by atoms with E-state index in [1.165, 1.54) is 60.0 Å². The first-order valence-corrected chi connectivity index (χ1v) is 24.5. The first-order valence-electron chi connectivity index (χ1n) is 24.5. The van der Waals surface area contributed by atoms with E-state index in [0.29, 0.717) is 0 Å². The molecule has 4 nitrogen and oxygen atoms in total. The molecule has 0 aliphatic heterocycles. The summed E-state index contributed by atoms with van der Waals surface area (Å²) in [5, 5.41) is 9.51.